The van der Waals surface area contributed by atoms with E-state index in [0.29, 0.717) is 13.1 Å². The van der Waals surface area contributed by atoms with Crippen LogP contribution in [0.3, 0.4) is 0 Å². The Morgan fingerprint density at radius 3 is 2.55 bits per heavy atom. The zero-order valence-corrected chi connectivity index (χ0v) is 17.6. The molecule has 1 aliphatic rings. The van der Waals surface area contributed by atoms with Crippen LogP contribution in [0, 0.1) is 0 Å². The quantitative estimate of drug-likeness (QED) is 0.742. The zero-order chi connectivity index (χ0) is 20.6. The van der Waals surface area contributed by atoms with Gasteiger partial charge in [-0.25, -0.2) is 0 Å². The molecule has 1 atom stereocenters. The van der Waals surface area contributed by atoms with Crippen molar-refractivity contribution in [2.75, 3.05) is 45.4 Å². The Hall–Kier alpha value is -2.57. The van der Waals surface area contributed by atoms with E-state index < -0.39 is 0 Å². The van der Waals surface area contributed by atoms with Crippen LogP contribution in [0.5, 0.6) is 5.75 Å². The molecule has 1 saturated heterocycles. The summed E-state index contributed by atoms with van der Waals surface area (Å²) < 4.78 is 10.6. The highest BCUT2D eigenvalue weighted by Crippen LogP contribution is 2.23. The Kier molecular flexibility index (Phi) is 7.49. The molecule has 0 aliphatic carbocycles. The second kappa shape index (κ2) is 10.3. The molecule has 2 aromatic carbocycles. The normalized spacial score (nSPS) is 15.2. The van der Waals surface area contributed by atoms with Crippen LogP contribution in [0.25, 0.3) is 0 Å². The van der Waals surface area contributed by atoms with Gasteiger partial charge in [0.15, 0.2) is 0 Å². The van der Waals surface area contributed by atoms with Gasteiger partial charge in [0.25, 0.3) is 0 Å². The lowest BCUT2D eigenvalue weighted by molar-refractivity contribution is -0.125. The van der Waals surface area contributed by atoms with Crippen LogP contribution in [-0.4, -0.2) is 57.3 Å². The molecule has 1 N–H and O–H groups in total. The van der Waals surface area contributed by atoms with E-state index in [2.05, 4.69) is 39.4 Å². The maximum atomic E-state index is 12.7. The molecule has 0 radical (unpaired) electrons. The number of hydrogen-bond acceptors (Lipinski definition) is 5. The van der Waals surface area contributed by atoms with Crippen LogP contribution in [0.4, 0.5) is 5.69 Å². The molecule has 1 heterocycles. The lowest BCUT2D eigenvalue weighted by Crippen LogP contribution is -2.43. The lowest BCUT2D eigenvalue weighted by Gasteiger charge is -2.32. The largest absolute Gasteiger partial charge is 0.497 e. The molecule has 1 unspecified atom stereocenters. The summed E-state index contributed by atoms with van der Waals surface area (Å²) in [6.45, 7) is 6.48. The predicted octanol–water partition coefficient (Wildman–Crippen LogP) is 2.67. The fraction of sp³-hybridized carbons (Fsp3) is 0.435. The summed E-state index contributed by atoms with van der Waals surface area (Å²) in [4.78, 5) is 17.1. The third-order valence-corrected chi connectivity index (χ3v) is 5.43. The van der Waals surface area contributed by atoms with Gasteiger partial charge >= 0.3 is 0 Å². The first-order valence-corrected chi connectivity index (χ1v) is 10.1. The molecule has 0 aromatic heterocycles. The van der Waals surface area contributed by atoms with E-state index in [-0.39, 0.29) is 11.9 Å². The van der Waals surface area contributed by atoms with E-state index >= 15 is 0 Å². The monoisotopic (exact) mass is 397 g/mol. The highest BCUT2D eigenvalue weighted by Gasteiger charge is 2.20. The molecular weight excluding hydrogens is 366 g/mol. The fourth-order valence-corrected chi connectivity index (χ4v) is 3.44. The van der Waals surface area contributed by atoms with Crippen molar-refractivity contribution in [2.45, 2.75) is 26.1 Å². The van der Waals surface area contributed by atoms with Crippen molar-refractivity contribution in [1.82, 2.24) is 10.2 Å². The molecule has 3 rings (SSSR count). The summed E-state index contributed by atoms with van der Waals surface area (Å²) in [5.74, 6) is 0.833. The number of ether oxygens (including phenoxy) is 2. The molecule has 156 valence electrons. The Bertz CT molecular complexity index is 788. The van der Waals surface area contributed by atoms with Gasteiger partial charge in [-0.15, -0.1) is 0 Å². The predicted molar refractivity (Wildman–Crippen MR) is 115 cm³/mol. The minimum atomic E-state index is -0.231. The maximum Gasteiger partial charge on any atom is 0.237 e. The first-order valence-electron chi connectivity index (χ1n) is 10.1. The summed E-state index contributed by atoms with van der Waals surface area (Å²) >= 11 is 0. The molecule has 2 aromatic rings. The van der Waals surface area contributed by atoms with Crippen molar-refractivity contribution >= 4 is 11.6 Å². The van der Waals surface area contributed by atoms with Gasteiger partial charge in [-0.1, -0.05) is 30.3 Å². The average molecular weight is 398 g/mol. The number of rotatable bonds is 8. The van der Waals surface area contributed by atoms with E-state index in [9.17, 15) is 4.79 Å². The molecular formula is C23H31N3O3. The van der Waals surface area contributed by atoms with Gasteiger partial charge < -0.3 is 19.7 Å². The number of amides is 1. The van der Waals surface area contributed by atoms with E-state index in [1.54, 1.807) is 7.11 Å². The number of carbonyl (C=O) groups excluding carboxylic acids is 1. The van der Waals surface area contributed by atoms with Gasteiger partial charge in [-0.05, 0) is 43.3 Å². The van der Waals surface area contributed by atoms with Crippen LogP contribution in [0.2, 0.25) is 0 Å². The first-order chi connectivity index (χ1) is 14.1. The van der Waals surface area contributed by atoms with E-state index in [1.165, 1.54) is 11.3 Å². The molecule has 1 aliphatic heterocycles. The SMILES string of the molecule is COc1ccc(CNC(=O)C(C)N(C)Cc2ccccc2N2CCOCC2)cc1. The molecule has 0 bridgehead atoms. The Balaban J connectivity index is 1.57. The Morgan fingerprint density at radius 2 is 1.86 bits per heavy atom. The van der Waals surface area contributed by atoms with Crippen LogP contribution in [0.15, 0.2) is 48.5 Å². The second-order valence-electron chi connectivity index (χ2n) is 7.39. The van der Waals surface area contributed by atoms with Gasteiger partial charge in [-0.3, -0.25) is 9.69 Å². The minimum absolute atomic E-state index is 0.0205. The minimum Gasteiger partial charge on any atom is -0.497 e. The summed E-state index contributed by atoms with van der Waals surface area (Å²) in [6.07, 6.45) is 0. The highest BCUT2D eigenvalue weighted by molar-refractivity contribution is 5.81. The number of nitrogens with zero attached hydrogens (tertiary/aromatic N) is 2. The van der Waals surface area contributed by atoms with Crippen LogP contribution >= 0.6 is 0 Å². The molecule has 1 amide bonds. The molecule has 29 heavy (non-hydrogen) atoms. The Morgan fingerprint density at radius 1 is 1.17 bits per heavy atom. The molecule has 0 saturated carbocycles. The first kappa shape index (κ1) is 21.1. The number of para-hydroxylation sites is 1. The number of carbonyl (C=O) groups is 1. The standard InChI is InChI=1S/C23H31N3O3/c1-18(23(27)24-16-19-8-10-21(28-3)11-9-19)25(2)17-20-6-4-5-7-22(20)26-12-14-29-15-13-26/h4-11,18H,12-17H2,1-3H3,(H,24,27). The smallest absolute Gasteiger partial charge is 0.237 e. The van der Waals surface area contributed by atoms with Crippen molar-refractivity contribution in [3.05, 3.63) is 59.7 Å². The summed E-state index contributed by atoms with van der Waals surface area (Å²) in [6, 6.07) is 15.9. The summed E-state index contributed by atoms with van der Waals surface area (Å²) in [5.41, 5.74) is 3.51. The molecule has 6 nitrogen and oxygen atoms in total. The van der Waals surface area contributed by atoms with Gasteiger partial charge in [0.05, 0.1) is 26.4 Å². The third kappa shape index (κ3) is 5.71. The lowest BCUT2D eigenvalue weighted by atomic mass is 10.1. The number of nitrogens with one attached hydrogen (secondary N) is 1. The van der Waals surface area contributed by atoms with Gasteiger partial charge in [0.2, 0.25) is 5.91 Å². The number of hydrogen-bond donors (Lipinski definition) is 1. The van der Waals surface area contributed by atoms with Crippen LogP contribution in [0.1, 0.15) is 18.1 Å². The number of benzene rings is 2. The Labute approximate surface area is 173 Å². The van der Waals surface area contributed by atoms with E-state index in [0.717, 1.165) is 37.6 Å². The maximum absolute atomic E-state index is 12.7. The fourth-order valence-electron chi connectivity index (χ4n) is 3.44. The number of morpholine rings is 1. The van der Waals surface area contributed by atoms with E-state index in [4.69, 9.17) is 9.47 Å². The third-order valence-electron chi connectivity index (χ3n) is 5.43. The van der Waals surface area contributed by atoms with Crippen LogP contribution in [-0.2, 0) is 22.6 Å². The molecule has 6 heteroatoms. The van der Waals surface area contributed by atoms with E-state index in [1.807, 2.05) is 38.2 Å². The zero-order valence-electron chi connectivity index (χ0n) is 17.6. The average Bonchev–Trinajstić information content (AvgIpc) is 2.78. The van der Waals surface area contributed by atoms with Crippen molar-refractivity contribution in [3.8, 4) is 5.75 Å². The van der Waals surface area contributed by atoms with Gasteiger partial charge in [0.1, 0.15) is 5.75 Å². The van der Waals surface area contributed by atoms with Crippen molar-refractivity contribution in [3.63, 3.8) is 0 Å². The van der Waals surface area contributed by atoms with Crippen molar-refractivity contribution < 1.29 is 14.3 Å². The molecule has 0 spiro atoms. The second-order valence-corrected chi connectivity index (χ2v) is 7.39. The van der Waals surface area contributed by atoms with Gasteiger partial charge in [-0.2, -0.15) is 0 Å². The highest BCUT2D eigenvalue weighted by atomic mass is 16.5. The van der Waals surface area contributed by atoms with Gasteiger partial charge in [0, 0.05) is 31.9 Å². The summed E-state index contributed by atoms with van der Waals surface area (Å²) in [5, 5.41) is 3.03. The number of likely N-dealkylation sites (N-methyl/N-ethyl adjacent to an activating group) is 1. The topological polar surface area (TPSA) is 54.0 Å². The van der Waals surface area contributed by atoms with Crippen LogP contribution < -0.4 is 15.0 Å². The van der Waals surface area contributed by atoms with Crippen molar-refractivity contribution in [2.24, 2.45) is 0 Å². The summed E-state index contributed by atoms with van der Waals surface area (Å²) in [7, 11) is 3.64. The van der Waals surface area contributed by atoms with Crippen molar-refractivity contribution in [1.29, 1.82) is 0 Å². The molecule has 1 fully saturated rings. The number of methoxy groups -OCH3 is 1. The number of anilines is 1.